The summed E-state index contributed by atoms with van der Waals surface area (Å²) in [6.07, 6.45) is 12.6. The van der Waals surface area contributed by atoms with E-state index in [1.165, 1.54) is 69.4 Å². The van der Waals surface area contributed by atoms with Gasteiger partial charge in [-0.3, -0.25) is 0 Å². The van der Waals surface area contributed by atoms with Crippen LogP contribution in [-0.4, -0.2) is 20.7 Å². The van der Waals surface area contributed by atoms with Crippen molar-refractivity contribution >= 4 is 14.0 Å². The minimum atomic E-state index is -1.16. The first kappa shape index (κ1) is 28.2. The van der Waals surface area contributed by atoms with Crippen LogP contribution in [0.5, 0.6) is 11.5 Å². The number of esters is 1. The van der Waals surface area contributed by atoms with Crippen LogP contribution in [0.15, 0.2) is 60.8 Å². The maximum Gasteiger partial charge on any atom is 0.343 e. The monoisotopic (exact) mass is 506 g/mol. The van der Waals surface area contributed by atoms with Gasteiger partial charge in [0.1, 0.15) is 11.5 Å². The summed E-state index contributed by atoms with van der Waals surface area (Å²) in [6, 6.07) is 16.7. The molecule has 0 bridgehead atoms. The van der Waals surface area contributed by atoms with Crippen molar-refractivity contribution in [2.24, 2.45) is 5.92 Å². The van der Waals surface area contributed by atoms with Crippen molar-refractivity contribution in [2.45, 2.75) is 96.2 Å². The first-order valence-corrected chi connectivity index (χ1v) is 17.4. The van der Waals surface area contributed by atoms with Gasteiger partial charge in [-0.05, 0) is 85.9 Å². The van der Waals surface area contributed by atoms with E-state index in [4.69, 9.17) is 9.47 Å². The Kier molecular flexibility index (Phi) is 11.3. The van der Waals surface area contributed by atoms with Gasteiger partial charge in [0, 0.05) is 0 Å². The molecule has 2 aromatic carbocycles. The van der Waals surface area contributed by atoms with Gasteiger partial charge in [0.25, 0.3) is 0 Å². The van der Waals surface area contributed by atoms with E-state index in [-0.39, 0.29) is 5.97 Å². The van der Waals surface area contributed by atoms with Gasteiger partial charge in [-0.25, -0.2) is 4.79 Å². The molecule has 0 N–H and O–H groups in total. The van der Waals surface area contributed by atoms with E-state index < -0.39 is 8.07 Å². The molecule has 4 heteroatoms. The van der Waals surface area contributed by atoms with Crippen LogP contribution in [0.25, 0.3) is 0 Å². The SMILES string of the molecule is C=C[Si](C)(C)CCCCCCOc1ccc(C(=O)Oc2ccc(C3CCC(CCC)CC3)cc2)cc1. The van der Waals surface area contributed by atoms with Gasteiger partial charge >= 0.3 is 5.97 Å². The van der Waals surface area contributed by atoms with Gasteiger partial charge in [-0.1, -0.05) is 70.3 Å². The van der Waals surface area contributed by atoms with E-state index in [0.717, 1.165) is 18.1 Å². The van der Waals surface area contributed by atoms with Crippen molar-refractivity contribution < 1.29 is 14.3 Å². The Hall–Kier alpha value is -2.33. The van der Waals surface area contributed by atoms with Crippen LogP contribution in [0.1, 0.15) is 93.0 Å². The quantitative estimate of drug-likeness (QED) is 0.111. The third kappa shape index (κ3) is 9.27. The fraction of sp³-hybridized carbons (Fsp3) is 0.531. The second-order valence-corrected chi connectivity index (χ2v) is 16.1. The van der Waals surface area contributed by atoms with Crippen LogP contribution in [0.3, 0.4) is 0 Å². The largest absolute Gasteiger partial charge is 0.494 e. The highest BCUT2D eigenvalue weighted by Crippen LogP contribution is 2.37. The molecule has 0 saturated heterocycles. The summed E-state index contributed by atoms with van der Waals surface area (Å²) in [5, 5.41) is 0. The van der Waals surface area contributed by atoms with Crippen LogP contribution in [0.4, 0.5) is 0 Å². The number of unbranched alkanes of at least 4 members (excludes halogenated alkanes) is 3. The highest BCUT2D eigenvalue weighted by molar-refractivity contribution is 6.82. The average Bonchev–Trinajstić information content (AvgIpc) is 2.89. The minimum Gasteiger partial charge on any atom is -0.494 e. The molecule has 1 aliphatic rings. The van der Waals surface area contributed by atoms with Crippen molar-refractivity contribution in [3.8, 4) is 11.5 Å². The molecule has 0 amide bonds. The molecular formula is C32H46O3Si. The molecule has 1 aliphatic carbocycles. The number of rotatable bonds is 14. The highest BCUT2D eigenvalue weighted by atomic mass is 28.3. The molecular weight excluding hydrogens is 460 g/mol. The predicted molar refractivity (Wildman–Crippen MR) is 154 cm³/mol. The molecule has 2 aromatic rings. The first-order valence-electron chi connectivity index (χ1n) is 14.1. The standard InChI is InChI=1S/C32H46O3Si/c1-5-11-26-12-14-27(15-13-26)28-16-22-31(23-17-28)35-32(33)29-18-20-30(21-19-29)34-24-9-7-8-10-25-36(3,4)6-2/h6,16-23,26-27H,2,5,7-15,24-25H2,1,3-4H3. The lowest BCUT2D eigenvalue weighted by molar-refractivity contribution is 0.0734. The van der Waals surface area contributed by atoms with Gasteiger partial charge in [0.2, 0.25) is 0 Å². The second kappa shape index (κ2) is 14.4. The normalized spacial score (nSPS) is 18.0. The third-order valence-electron chi connectivity index (χ3n) is 7.73. The molecule has 0 aliphatic heterocycles. The van der Waals surface area contributed by atoms with E-state index in [9.17, 15) is 4.79 Å². The highest BCUT2D eigenvalue weighted by Gasteiger charge is 2.22. The predicted octanol–water partition coefficient (Wildman–Crippen LogP) is 9.35. The van der Waals surface area contributed by atoms with E-state index in [1.807, 2.05) is 24.3 Å². The number of benzene rings is 2. The lowest BCUT2D eigenvalue weighted by Crippen LogP contribution is -2.21. The van der Waals surface area contributed by atoms with Crippen LogP contribution in [-0.2, 0) is 0 Å². The van der Waals surface area contributed by atoms with Crippen LogP contribution < -0.4 is 9.47 Å². The molecule has 0 spiro atoms. The van der Waals surface area contributed by atoms with E-state index in [2.05, 4.69) is 44.4 Å². The van der Waals surface area contributed by atoms with Gasteiger partial charge < -0.3 is 9.47 Å². The van der Waals surface area contributed by atoms with Gasteiger partial charge in [0.05, 0.1) is 20.2 Å². The number of carbonyl (C=O) groups is 1. The molecule has 0 atom stereocenters. The molecule has 1 fully saturated rings. The number of carbonyl (C=O) groups excluding carboxylic acids is 1. The van der Waals surface area contributed by atoms with Gasteiger partial charge in [-0.2, -0.15) is 0 Å². The molecule has 0 radical (unpaired) electrons. The molecule has 0 unspecified atom stereocenters. The summed E-state index contributed by atoms with van der Waals surface area (Å²) < 4.78 is 11.5. The zero-order valence-corrected chi connectivity index (χ0v) is 23.8. The lowest BCUT2D eigenvalue weighted by atomic mass is 9.77. The van der Waals surface area contributed by atoms with Crippen LogP contribution >= 0.6 is 0 Å². The molecule has 0 heterocycles. The fourth-order valence-electron chi connectivity index (χ4n) is 5.18. The molecule has 196 valence electrons. The summed E-state index contributed by atoms with van der Waals surface area (Å²) >= 11 is 0. The zero-order valence-electron chi connectivity index (χ0n) is 22.8. The first-order chi connectivity index (χ1) is 17.4. The Labute approximate surface area is 220 Å². The topological polar surface area (TPSA) is 35.5 Å². The number of hydrogen-bond donors (Lipinski definition) is 0. The lowest BCUT2D eigenvalue weighted by Gasteiger charge is -2.28. The number of ether oxygens (including phenoxy) is 2. The summed E-state index contributed by atoms with van der Waals surface area (Å²) in [5.74, 6) is 2.62. The zero-order chi connectivity index (χ0) is 25.8. The van der Waals surface area contributed by atoms with E-state index in [1.54, 1.807) is 12.1 Å². The minimum absolute atomic E-state index is 0.333. The molecule has 3 rings (SSSR count). The third-order valence-corrected chi connectivity index (χ3v) is 10.5. The van der Waals surface area contributed by atoms with Crippen molar-refractivity contribution in [2.75, 3.05) is 6.61 Å². The maximum absolute atomic E-state index is 12.6. The fourth-order valence-corrected chi connectivity index (χ4v) is 6.55. The van der Waals surface area contributed by atoms with Crippen LogP contribution in [0.2, 0.25) is 19.1 Å². The van der Waals surface area contributed by atoms with Crippen molar-refractivity contribution in [3.63, 3.8) is 0 Å². The molecule has 0 aromatic heterocycles. The van der Waals surface area contributed by atoms with Crippen molar-refractivity contribution in [3.05, 3.63) is 71.9 Å². The molecule has 3 nitrogen and oxygen atoms in total. The molecule has 1 saturated carbocycles. The summed E-state index contributed by atoms with van der Waals surface area (Å²) in [6.45, 7) is 11.7. The van der Waals surface area contributed by atoms with Gasteiger partial charge in [-0.15, -0.1) is 12.3 Å². The Morgan fingerprint density at radius 3 is 2.19 bits per heavy atom. The average molecular weight is 507 g/mol. The maximum atomic E-state index is 12.6. The van der Waals surface area contributed by atoms with Crippen molar-refractivity contribution in [1.82, 2.24) is 0 Å². The van der Waals surface area contributed by atoms with Crippen molar-refractivity contribution in [1.29, 1.82) is 0 Å². The summed E-state index contributed by atoms with van der Waals surface area (Å²) in [7, 11) is -1.16. The number of hydrogen-bond acceptors (Lipinski definition) is 3. The summed E-state index contributed by atoms with van der Waals surface area (Å²) in [5.41, 5.74) is 4.09. The molecule has 36 heavy (non-hydrogen) atoms. The van der Waals surface area contributed by atoms with E-state index in [0.29, 0.717) is 23.8 Å². The van der Waals surface area contributed by atoms with Gasteiger partial charge in [0.15, 0.2) is 0 Å². The van der Waals surface area contributed by atoms with Crippen LogP contribution in [0, 0.1) is 5.92 Å². The Morgan fingerprint density at radius 2 is 1.56 bits per heavy atom. The smallest absolute Gasteiger partial charge is 0.343 e. The van der Waals surface area contributed by atoms with E-state index >= 15 is 0 Å². The Morgan fingerprint density at radius 1 is 0.917 bits per heavy atom. The Bertz CT molecular complexity index is 925. The summed E-state index contributed by atoms with van der Waals surface area (Å²) in [4.78, 5) is 12.6. The second-order valence-electron chi connectivity index (χ2n) is 11.2. The Balaban J connectivity index is 1.36.